The minimum atomic E-state index is -3.80. The number of aromatic nitrogens is 1. The van der Waals surface area contributed by atoms with Gasteiger partial charge in [0.2, 0.25) is 0 Å². The average Bonchev–Trinajstić information content (AvgIpc) is 2.50. The summed E-state index contributed by atoms with van der Waals surface area (Å²) in [6.07, 6.45) is 3.41. The lowest BCUT2D eigenvalue weighted by molar-refractivity contribution is -0.136. The third-order valence-electron chi connectivity index (χ3n) is 3.52. The SMILES string of the molecule is CCC(c1cccnc1)P(=O)(O)Nc1ccccc1CC(=O)O. The topological polar surface area (TPSA) is 99.5 Å². The van der Waals surface area contributed by atoms with Crippen LogP contribution in [0.25, 0.3) is 0 Å². The number of benzene rings is 1. The van der Waals surface area contributed by atoms with Crippen LogP contribution in [0.1, 0.15) is 30.1 Å². The molecule has 1 heterocycles. The van der Waals surface area contributed by atoms with Gasteiger partial charge in [0.25, 0.3) is 7.52 Å². The normalized spacial score (nSPS) is 14.7. The van der Waals surface area contributed by atoms with Crippen molar-refractivity contribution in [2.24, 2.45) is 0 Å². The van der Waals surface area contributed by atoms with Gasteiger partial charge in [-0.05, 0) is 29.7 Å². The fraction of sp³-hybridized carbons (Fsp3) is 0.250. The number of carboxylic acid groups (broad SMARTS) is 1. The molecule has 122 valence electrons. The number of para-hydroxylation sites is 1. The predicted molar refractivity (Wildman–Crippen MR) is 88.5 cm³/mol. The van der Waals surface area contributed by atoms with Crippen LogP contribution in [0, 0.1) is 0 Å². The van der Waals surface area contributed by atoms with Gasteiger partial charge in [0.05, 0.1) is 12.1 Å². The molecule has 0 aliphatic heterocycles. The Kier molecular flexibility index (Phi) is 5.53. The van der Waals surface area contributed by atoms with Crippen LogP contribution < -0.4 is 5.09 Å². The number of carboxylic acids is 1. The number of nitrogens with zero attached hydrogens (tertiary/aromatic N) is 1. The molecule has 0 fully saturated rings. The molecule has 7 heteroatoms. The molecule has 23 heavy (non-hydrogen) atoms. The molecule has 0 saturated heterocycles. The Morgan fingerprint density at radius 3 is 2.65 bits per heavy atom. The molecule has 1 aromatic carbocycles. The van der Waals surface area contributed by atoms with Crippen LogP contribution >= 0.6 is 7.52 Å². The summed E-state index contributed by atoms with van der Waals surface area (Å²) in [7, 11) is -3.80. The number of rotatable bonds is 7. The Morgan fingerprint density at radius 2 is 2.04 bits per heavy atom. The van der Waals surface area contributed by atoms with E-state index in [1.165, 1.54) is 0 Å². The second-order valence-electron chi connectivity index (χ2n) is 5.17. The fourth-order valence-corrected chi connectivity index (χ4v) is 4.23. The second-order valence-corrected chi connectivity index (χ2v) is 7.27. The number of nitrogens with one attached hydrogen (secondary N) is 1. The lowest BCUT2D eigenvalue weighted by Gasteiger charge is -2.24. The lowest BCUT2D eigenvalue weighted by Crippen LogP contribution is -2.09. The molecule has 0 aliphatic rings. The molecule has 0 bridgehead atoms. The highest BCUT2D eigenvalue weighted by Crippen LogP contribution is 2.56. The fourth-order valence-electron chi connectivity index (χ4n) is 2.46. The van der Waals surface area contributed by atoms with Gasteiger partial charge < -0.3 is 15.1 Å². The van der Waals surface area contributed by atoms with Crippen LogP contribution in [0.3, 0.4) is 0 Å². The molecule has 2 unspecified atom stereocenters. The predicted octanol–water partition coefficient (Wildman–Crippen LogP) is 3.46. The summed E-state index contributed by atoms with van der Waals surface area (Å²) in [6, 6.07) is 10.1. The van der Waals surface area contributed by atoms with Crippen molar-refractivity contribution in [1.82, 2.24) is 4.98 Å². The van der Waals surface area contributed by atoms with Crippen LogP contribution in [0.15, 0.2) is 48.8 Å². The molecular formula is C16H19N2O4P. The molecule has 0 saturated carbocycles. The Hall–Kier alpha value is -2.17. The maximum absolute atomic E-state index is 12.8. The van der Waals surface area contributed by atoms with E-state index < -0.39 is 19.1 Å². The quantitative estimate of drug-likeness (QED) is 0.671. The van der Waals surface area contributed by atoms with Crippen molar-refractivity contribution in [1.29, 1.82) is 0 Å². The van der Waals surface area contributed by atoms with Gasteiger partial charge in [0.15, 0.2) is 0 Å². The summed E-state index contributed by atoms with van der Waals surface area (Å²) in [5, 5.41) is 11.6. The van der Waals surface area contributed by atoms with Gasteiger partial charge in [-0.3, -0.25) is 14.3 Å². The third kappa shape index (κ3) is 4.41. The van der Waals surface area contributed by atoms with E-state index in [1.807, 2.05) is 6.92 Å². The highest BCUT2D eigenvalue weighted by atomic mass is 31.2. The minimum Gasteiger partial charge on any atom is -0.481 e. The molecule has 0 spiro atoms. The van der Waals surface area contributed by atoms with E-state index >= 15 is 0 Å². The van der Waals surface area contributed by atoms with Crippen molar-refractivity contribution in [3.8, 4) is 0 Å². The molecular weight excluding hydrogens is 315 g/mol. The van der Waals surface area contributed by atoms with Crippen LogP contribution in [0.2, 0.25) is 0 Å². The zero-order valence-corrected chi connectivity index (χ0v) is 13.6. The van der Waals surface area contributed by atoms with E-state index in [1.54, 1.807) is 48.8 Å². The maximum Gasteiger partial charge on any atom is 0.307 e. The van der Waals surface area contributed by atoms with Crippen molar-refractivity contribution in [3.05, 3.63) is 59.9 Å². The van der Waals surface area contributed by atoms with Crippen molar-refractivity contribution >= 4 is 19.2 Å². The van der Waals surface area contributed by atoms with Gasteiger partial charge in [-0.1, -0.05) is 31.2 Å². The first-order valence-corrected chi connectivity index (χ1v) is 8.97. The van der Waals surface area contributed by atoms with E-state index in [0.29, 0.717) is 23.2 Å². The summed E-state index contributed by atoms with van der Waals surface area (Å²) >= 11 is 0. The van der Waals surface area contributed by atoms with Crippen molar-refractivity contribution in [2.45, 2.75) is 25.4 Å². The standard InChI is InChI=1S/C16H19N2O4P/c1-2-15(13-7-5-9-17-11-13)23(21,22)18-14-8-4-3-6-12(14)10-16(19)20/h3-9,11,15H,2,10H2,1H3,(H,19,20)(H2,18,21,22). The van der Waals surface area contributed by atoms with E-state index in [4.69, 9.17) is 5.11 Å². The average molecular weight is 334 g/mol. The van der Waals surface area contributed by atoms with Crippen molar-refractivity contribution in [2.75, 3.05) is 5.09 Å². The first-order chi connectivity index (χ1) is 10.9. The zero-order valence-electron chi connectivity index (χ0n) is 12.7. The van der Waals surface area contributed by atoms with E-state index in [9.17, 15) is 14.3 Å². The second kappa shape index (κ2) is 7.40. The highest BCUT2D eigenvalue weighted by Gasteiger charge is 2.32. The van der Waals surface area contributed by atoms with Crippen LogP contribution in [0.5, 0.6) is 0 Å². The number of anilines is 1. The summed E-state index contributed by atoms with van der Waals surface area (Å²) in [5.74, 6) is -0.994. The van der Waals surface area contributed by atoms with Gasteiger partial charge in [-0.25, -0.2) is 0 Å². The first kappa shape index (κ1) is 17.2. The van der Waals surface area contributed by atoms with Gasteiger partial charge >= 0.3 is 5.97 Å². The Morgan fingerprint density at radius 1 is 1.30 bits per heavy atom. The number of pyridine rings is 1. The first-order valence-electron chi connectivity index (χ1n) is 7.24. The van der Waals surface area contributed by atoms with E-state index in [-0.39, 0.29) is 6.42 Å². The van der Waals surface area contributed by atoms with Gasteiger partial charge in [-0.15, -0.1) is 0 Å². The largest absolute Gasteiger partial charge is 0.481 e. The van der Waals surface area contributed by atoms with Gasteiger partial charge in [-0.2, -0.15) is 0 Å². The minimum absolute atomic E-state index is 0.215. The monoisotopic (exact) mass is 334 g/mol. The number of aliphatic carboxylic acids is 1. The van der Waals surface area contributed by atoms with Crippen molar-refractivity contribution < 1.29 is 19.4 Å². The molecule has 6 nitrogen and oxygen atoms in total. The summed E-state index contributed by atoms with van der Waals surface area (Å²) < 4.78 is 12.8. The van der Waals surface area contributed by atoms with Crippen molar-refractivity contribution in [3.63, 3.8) is 0 Å². The summed E-state index contributed by atoms with van der Waals surface area (Å²) in [4.78, 5) is 25.4. The Labute approximate surface area is 134 Å². The van der Waals surface area contributed by atoms with Crippen LogP contribution in [0.4, 0.5) is 5.69 Å². The smallest absolute Gasteiger partial charge is 0.307 e. The maximum atomic E-state index is 12.8. The van der Waals surface area contributed by atoms with E-state index in [2.05, 4.69) is 10.1 Å². The molecule has 1 aromatic heterocycles. The van der Waals surface area contributed by atoms with Crippen LogP contribution in [-0.2, 0) is 15.8 Å². The summed E-state index contributed by atoms with van der Waals surface area (Å²) in [6.45, 7) is 1.82. The summed E-state index contributed by atoms with van der Waals surface area (Å²) in [5.41, 5.74) is 0.886. The lowest BCUT2D eigenvalue weighted by atomic mass is 10.1. The highest BCUT2D eigenvalue weighted by molar-refractivity contribution is 7.60. The number of hydrogen-bond acceptors (Lipinski definition) is 3. The molecule has 3 N–H and O–H groups in total. The number of carbonyl (C=O) groups is 1. The molecule has 0 amide bonds. The molecule has 2 rings (SSSR count). The van der Waals surface area contributed by atoms with Gasteiger partial charge in [0.1, 0.15) is 0 Å². The number of hydrogen-bond donors (Lipinski definition) is 3. The molecule has 0 aliphatic carbocycles. The molecule has 2 aromatic rings. The van der Waals surface area contributed by atoms with E-state index in [0.717, 1.165) is 0 Å². The zero-order chi connectivity index (χ0) is 16.9. The Balaban J connectivity index is 2.30. The molecule has 0 radical (unpaired) electrons. The van der Waals surface area contributed by atoms with Crippen LogP contribution in [-0.4, -0.2) is 21.0 Å². The third-order valence-corrected chi connectivity index (χ3v) is 5.59. The molecule has 2 atom stereocenters. The van der Waals surface area contributed by atoms with Gasteiger partial charge in [0, 0.05) is 18.1 Å². The Bertz CT molecular complexity index is 721.